The fourth-order valence-corrected chi connectivity index (χ4v) is 5.21. The van der Waals surface area contributed by atoms with Gasteiger partial charge < -0.3 is 5.11 Å². The Hall–Kier alpha value is -2.86. The summed E-state index contributed by atoms with van der Waals surface area (Å²) in [5.74, 6) is -1.82. The van der Waals surface area contributed by atoms with E-state index >= 15 is 0 Å². The van der Waals surface area contributed by atoms with Crippen molar-refractivity contribution in [1.82, 2.24) is 24.9 Å². The molecule has 3 aromatic rings. The summed E-state index contributed by atoms with van der Waals surface area (Å²) < 4.78 is 29.2. The molecule has 0 aliphatic carbocycles. The van der Waals surface area contributed by atoms with E-state index in [-0.39, 0.29) is 17.1 Å². The van der Waals surface area contributed by atoms with Crippen LogP contribution in [0.15, 0.2) is 47.4 Å². The van der Waals surface area contributed by atoms with Crippen LogP contribution in [0.2, 0.25) is 10.0 Å². The molecule has 0 bridgehead atoms. The molecule has 3 rings (SSSR count). The van der Waals surface area contributed by atoms with Gasteiger partial charge in [0.15, 0.2) is 11.6 Å². The highest BCUT2D eigenvalue weighted by Crippen LogP contribution is 2.26. The van der Waals surface area contributed by atoms with E-state index in [1.165, 1.54) is 12.1 Å². The average Bonchev–Trinajstić information content (AvgIpc) is 3.26. The highest BCUT2D eigenvalue weighted by molar-refractivity contribution is 7.89. The number of hydrogen-bond donors (Lipinski definition) is 2. The molecular formula is C23H25Cl2N5O5S. The molecule has 36 heavy (non-hydrogen) atoms. The summed E-state index contributed by atoms with van der Waals surface area (Å²) in [6.45, 7) is 1.60. The van der Waals surface area contributed by atoms with E-state index < -0.39 is 40.8 Å². The molecule has 192 valence electrons. The van der Waals surface area contributed by atoms with Gasteiger partial charge in [-0.25, -0.2) is 13.1 Å². The summed E-state index contributed by atoms with van der Waals surface area (Å²) in [7, 11) is -4.17. The van der Waals surface area contributed by atoms with Gasteiger partial charge in [-0.1, -0.05) is 54.7 Å². The third-order valence-electron chi connectivity index (χ3n) is 5.43. The third-order valence-corrected chi connectivity index (χ3v) is 7.62. The van der Waals surface area contributed by atoms with Crippen molar-refractivity contribution in [1.29, 1.82) is 0 Å². The van der Waals surface area contributed by atoms with Crippen LogP contribution < -0.4 is 4.72 Å². The Balaban J connectivity index is 1.77. The number of sulfonamides is 1. The highest BCUT2D eigenvalue weighted by Gasteiger charge is 2.29. The number of aliphatic carboxylic acids is 1. The van der Waals surface area contributed by atoms with Crippen LogP contribution in [0.1, 0.15) is 43.1 Å². The predicted molar refractivity (Wildman–Crippen MR) is 134 cm³/mol. The monoisotopic (exact) mass is 553 g/mol. The van der Waals surface area contributed by atoms with Gasteiger partial charge in [0.05, 0.1) is 17.4 Å². The van der Waals surface area contributed by atoms with Crippen LogP contribution in [0.5, 0.6) is 0 Å². The number of hydrogen-bond acceptors (Lipinski definition) is 7. The number of nitrogens with zero attached hydrogens (tertiary/aromatic N) is 4. The van der Waals surface area contributed by atoms with Crippen LogP contribution in [0, 0.1) is 0 Å². The molecule has 2 N–H and O–H groups in total. The number of ketones is 1. The Bertz CT molecular complexity index is 1310. The molecule has 0 amide bonds. The van der Waals surface area contributed by atoms with Crippen molar-refractivity contribution in [2.75, 3.05) is 0 Å². The van der Waals surface area contributed by atoms with Crippen molar-refractivity contribution in [2.24, 2.45) is 0 Å². The molecule has 10 nitrogen and oxygen atoms in total. The van der Waals surface area contributed by atoms with Crippen molar-refractivity contribution >= 4 is 45.0 Å². The lowest BCUT2D eigenvalue weighted by Gasteiger charge is -2.17. The summed E-state index contributed by atoms with van der Waals surface area (Å²) >= 11 is 12.4. The minimum atomic E-state index is -4.17. The number of unbranched alkanes of at least 4 members (excludes halogenated alkanes) is 1. The number of carbonyl (C=O) groups excluding carboxylic acids is 1. The number of halogens is 2. The third kappa shape index (κ3) is 7.33. The Morgan fingerprint density at radius 2 is 1.78 bits per heavy atom. The molecule has 0 radical (unpaired) electrons. The highest BCUT2D eigenvalue weighted by atomic mass is 35.5. The zero-order valence-electron chi connectivity index (χ0n) is 19.4. The van der Waals surface area contributed by atoms with Gasteiger partial charge >= 0.3 is 5.97 Å². The van der Waals surface area contributed by atoms with Crippen LogP contribution in [0.25, 0.3) is 0 Å². The maximum atomic E-state index is 13.0. The molecule has 1 unspecified atom stereocenters. The lowest BCUT2D eigenvalue weighted by molar-refractivity contribution is -0.139. The summed E-state index contributed by atoms with van der Waals surface area (Å²) in [6, 6.07) is 9.71. The first-order valence-corrected chi connectivity index (χ1v) is 13.4. The van der Waals surface area contributed by atoms with E-state index in [1.807, 2.05) is 0 Å². The minimum absolute atomic E-state index is 0.0672. The zero-order valence-corrected chi connectivity index (χ0v) is 21.7. The Morgan fingerprint density at radius 3 is 2.39 bits per heavy atom. The maximum absolute atomic E-state index is 13.0. The smallest absolute Gasteiger partial charge is 0.305 e. The number of rotatable bonds is 13. The van der Waals surface area contributed by atoms with Gasteiger partial charge in [0.1, 0.15) is 6.54 Å². The van der Waals surface area contributed by atoms with Crippen molar-refractivity contribution in [3.05, 3.63) is 69.5 Å². The quantitative estimate of drug-likeness (QED) is 0.328. The molecule has 0 spiro atoms. The van der Waals surface area contributed by atoms with Crippen molar-refractivity contribution in [3.8, 4) is 0 Å². The van der Waals surface area contributed by atoms with Crippen LogP contribution >= 0.6 is 23.2 Å². The SMILES string of the molecule is CCCCc1ccc(S(=O)(=O)NC(CC(=O)O)C(=O)Cn2nnnc2Cc2c(Cl)cccc2Cl)cc1. The van der Waals surface area contributed by atoms with Crippen molar-refractivity contribution < 1.29 is 23.1 Å². The number of carboxylic acids is 1. The van der Waals surface area contributed by atoms with E-state index in [9.17, 15) is 23.1 Å². The molecule has 0 saturated heterocycles. The predicted octanol–water partition coefficient (Wildman–Crippen LogP) is 3.30. The van der Waals surface area contributed by atoms with E-state index in [0.29, 0.717) is 15.6 Å². The first kappa shape index (κ1) is 27.7. The second kappa shape index (κ2) is 12.4. The average molecular weight is 554 g/mol. The van der Waals surface area contributed by atoms with Crippen LogP contribution in [0.4, 0.5) is 0 Å². The van der Waals surface area contributed by atoms with Crippen LogP contribution in [0.3, 0.4) is 0 Å². The summed E-state index contributed by atoms with van der Waals surface area (Å²) in [4.78, 5) is 24.3. The number of carboxylic acid groups (broad SMARTS) is 1. The van der Waals surface area contributed by atoms with E-state index in [1.54, 1.807) is 30.3 Å². The standard InChI is InChI=1S/C23H25Cl2N5O5S/c1-2-3-5-15-8-10-16(11-9-15)36(34,35)27-20(13-23(32)33)21(31)14-30-22(26-28-29-30)12-17-18(24)6-4-7-19(17)25/h4,6-11,20,27H,2-3,5,12-14H2,1H3,(H,32,33). The van der Waals surface area contributed by atoms with Gasteiger partial charge in [0, 0.05) is 16.5 Å². The minimum Gasteiger partial charge on any atom is -0.481 e. The molecule has 0 aliphatic heterocycles. The molecule has 2 aromatic carbocycles. The second-order valence-corrected chi connectivity index (χ2v) is 10.6. The van der Waals surface area contributed by atoms with Gasteiger partial charge in [-0.15, -0.1) is 5.10 Å². The van der Waals surface area contributed by atoms with Crippen LogP contribution in [-0.2, 0) is 39.0 Å². The zero-order chi connectivity index (χ0) is 26.3. The first-order chi connectivity index (χ1) is 17.1. The Labute approximate surface area is 218 Å². The van der Waals surface area contributed by atoms with Gasteiger partial charge in [-0.2, -0.15) is 4.72 Å². The van der Waals surface area contributed by atoms with Crippen molar-refractivity contribution in [3.63, 3.8) is 0 Å². The number of benzene rings is 2. The summed E-state index contributed by atoms with van der Waals surface area (Å²) in [5.41, 5.74) is 1.54. The van der Waals surface area contributed by atoms with Crippen LogP contribution in [-0.4, -0.2) is 51.5 Å². The topological polar surface area (TPSA) is 144 Å². The second-order valence-electron chi connectivity index (χ2n) is 8.12. The molecule has 1 aromatic heterocycles. The first-order valence-electron chi connectivity index (χ1n) is 11.1. The number of Topliss-reactive ketones (excluding diaryl/α,β-unsaturated/α-hetero) is 1. The van der Waals surface area contributed by atoms with Gasteiger partial charge in [0.25, 0.3) is 0 Å². The fraction of sp³-hybridized carbons (Fsp3) is 0.348. The van der Waals surface area contributed by atoms with Gasteiger partial charge in [-0.3, -0.25) is 9.59 Å². The lowest BCUT2D eigenvalue weighted by Crippen LogP contribution is -2.43. The Morgan fingerprint density at radius 1 is 1.11 bits per heavy atom. The molecule has 13 heteroatoms. The molecule has 0 fully saturated rings. The number of nitrogens with one attached hydrogen (secondary N) is 1. The summed E-state index contributed by atoms with van der Waals surface area (Å²) in [6.07, 6.45) is 2.16. The number of carbonyl (C=O) groups is 2. The Kier molecular flexibility index (Phi) is 9.55. The normalized spacial score (nSPS) is 12.4. The largest absolute Gasteiger partial charge is 0.481 e. The van der Waals surface area contributed by atoms with E-state index in [0.717, 1.165) is 29.5 Å². The maximum Gasteiger partial charge on any atom is 0.305 e. The van der Waals surface area contributed by atoms with E-state index in [4.69, 9.17) is 23.2 Å². The summed E-state index contributed by atoms with van der Waals surface area (Å²) in [5, 5.41) is 21.3. The molecule has 0 aliphatic rings. The molecular weight excluding hydrogens is 529 g/mol. The lowest BCUT2D eigenvalue weighted by atomic mass is 10.1. The number of aryl methyl sites for hydroxylation is 1. The van der Waals surface area contributed by atoms with Gasteiger partial charge in [0.2, 0.25) is 10.0 Å². The van der Waals surface area contributed by atoms with Crippen molar-refractivity contribution in [2.45, 2.75) is 56.5 Å². The van der Waals surface area contributed by atoms with E-state index in [2.05, 4.69) is 27.2 Å². The number of tetrazole rings is 1. The molecule has 0 saturated carbocycles. The fourth-order valence-electron chi connectivity index (χ4n) is 3.46. The molecule has 1 atom stereocenters. The number of aromatic nitrogens is 4. The molecule has 1 heterocycles. The van der Waals surface area contributed by atoms with Gasteiger partial charge in [-0.05, 0) is 58.7 Å².